The summed E-state index contributed by atoms with van der Waals surface area (Å²) in [7, 11) is 0. The van der Waals surface area contributed by atoms with Crippen LogP contribution in [0.4, 0.5) is 4.79 Å². The topological polar surface area (TPSA) is 92.7 Å². The van der Waals surface area contributed by atoms with E-state index in [1.54, 1.807) is 4.90 Å². The van der Waals surface area contributed by atoms with Crippen molar-refractivity contribution in [2.24, 2.45) is 16.9 Å². The van der Waals surface area contributed by atoms with Crippen molar-refractivity contribution in [1.29, 1.82) is 0 Å². The average molecular weight is 240 g/mol. The van der Waals surface area contributed by atoms with Crippen LogP contribution in [0.2, 0.25) is 0 Å². The molecule has 0 aromatic heterocycles. The van der Waals surface area contributed by atoms with Crippen molar-refractivity contribution in [2.75, 3.05) is 32.7 Å². The molecule has 2 heterocycles. The van der Waals surface area contributed by atoms with Crippen LogP contribution in [0, 0.1) is 5.41 Å². The predicted molar refractivity (Wildman–Crippen MR) is 63.1 cm³/mol. The van der Waals surface area contributed by atoms with Gasteiger partial charge in [0.2, 0.25) is 5.91 Å². The Morgan fingerprint density at radius 3 is 2.18 bits per heavy atom. The van der Waals surface area contributed by atoms with E-state index in [-0.39, 0.29) is 11.9 Å². The number of piperidine rings is 1. The van der Waals surface area contributed by atoms with Crippen molar-refractivity contribution in [3.05, 3.63) is 0 Å². The molecule has 2 fully saturated rings. The van der Waals surface area contributed by atoms with E-state index in [4.69, 9.17) is 11.5 Å². The summed E-state index contributed by atoms with van der Waals surface area (Å²) in [4.78, 5) is 25.6. The Kier molecular flexibility index (Phi) is 3.24. The molecule has 0 unspecified atom stereocenters. The highest BCUT2D eigenvalue weighted by Crippen LogP contribution is 2.40. The number of hydrogen-bond donors (Lipinski definition) is 2. The number of primary amides is 2. The van der Waals surface area contributed by atoms with Crippen LogP contribution in [0.25, 0.3) is 0 Å². The first kappa shape index (κ1) is 12.2. The Morgan fingerprint density at radius 1 is 1.12 bits per heavy atom. The molecule has 3 amide bonds. The second kappa shape index (κ2) is 4.52. The van der Waals surface area contributed by atoms with E-state index >= 15 is 0 Å². The number of nitrogens with zero attached hydrogens (tertiary/aromatic N) is 2. The normalized spacial score (nSPS) is 23.4. The molecule has 0 radical (unpaired) electrons. The van der Waals surface area contributed by atoms with E-state index < -0.39 is 0 Å². The number of likely N-dealkylation sites (tertiary alicyclic amines) is 2. The molecule has 96 valence electrons. The zero-order valence-corrected chi connectivity index (χ0v) is 10.0. The summed E-state index contributed by atoms with van der Waals surface area (Å²) in [6, 6.07) is -0.315. The van der Waals surface area contributed by atoms with Gasteiger partial charge in [0, 0.05) is 39.1 Å². The summed E-state index contributed by atoms with van der Waals surface area (Å²) in [6.45, 7) is 4.33. The SMILES string of the molecule is NC(=O)CCN1CC2(CCN(C(N)=O)CC2)C1. The Hall–Kier alpha value is -1.30. The molecule has 6 heteroatoms. The maximum atomic E-state index is 11.0. The fraction of sp³-hybridized carbons (Fsp3) is 0.818. The number of hydrogen-bond acceptors (Lipinski definition) is 3. The number of nitrogens with two attached hydrogens (primary N) is 2. The summed E-state index contributed by atoms with van der Waals surface area (Å²) in [5.41, 5.74) is 10.7. The Balaban J connectivity index is 1.72. The van der Waals surface area contributed by atoms with E-state index in [9.17, 15) is 9.59 Å². The van der Waals surface area contributed by atoms with Crippen molar-refractivity contribution >= 4 is 11.9 Å². The van der Waals surface area contributed by atoms with Gasteiger partial charge in [-0.1, -0.05) is 0 Å². The monoisotopic (exact) mass is 240 g/mol. The molecule has 2 aliphatic heterocycles. The first-order valence-electron chi connectivity index (χ1n) is 6.06. The molecule has 17 heavy (non-hydrogen) atoms. The fourth-order valence-electron chi connectivity index (χ4n) is 2.85. The summed E-state index contributed by atoms with van der Waals surface area (Å²) in [5.74, 6) is -0.241. The van der Waals surface area contributed by atoms with E-state index in [1.807, 2.05) is 0 Å². The molecule has 0 aromatic rings. The van der Waals surface area contributed by atoms with Gasteiger partial charge in [-0.25, -0.2) is 4.79 Å². The second-order valence-electron chi connectivity index (χ2n) is 5.25. The molecule has 0 bridgehead atoms. The second-order valence-corrected chi connectivity index (χ2v) is 5.25. The van der Waals surface area contributed by atoms with Crippen LogP contribution in [-0.2, 0) is 4.79 Å². The van der Waals surface area contributed by atoms with Gasteiger partial charge in [0.05, 0.1) is 0 Å². The Bertz CT molecular complexity index is 315. The lowest BCUT2D eigenvalue weighted by Gasteiger charge is -2.54. The van der Waals surface area contributed by atoms with Crippen molar-refractivity contribution in [3.63, 3.8) is 0 Å². The standard InChI is InChI=1S/C11H20N4O2/c12-9(16)1-4-14-7-11(8-14)2-5-15(6-3-11)10(13)17/h1-8H2,(H2,12,16)(H2,13,17). The lowest BCUT2D eigenvalue weighted by Crippen LogP contribution is -2.61. The van der Waals surface area contributed by atoms with Crippen molar-refractivity contribution in [2.45, 2.75) is 19.3 Å². The quantitative estimate of drug-likeness (QED) is 0.685. The van der Waals surface area contributed by atoms with Crippen molar-refractivity contribution < 1.29 is 9.59 Å². The number of carbonyl (C=O) groups excluding carboxylic acids is 2. The summed E-state index contributed by atoms with van der Waals surface area (Å²) in [6.07, 6.45) is 2.47. The third-order valence-corrected chi connectivity index (χ3v) is 3.93. The van der Waals surface area contributed by atoms with Crippen LogP contribution in [-0.4, -0.2) is 54.5 Å². The number of amides is 3. The maximum absolute atomic E-state index is 11.0. The minimum absolute atomic E-state index is 0.241. The molecule has 6 nitrogen and oxygen atoms in total. The van der Waals surface area contributed by atoms with Crippen LogP contribution in [0.5, 0.6) is 0 Å². The van der Waals surface area contributed by atoms with Crippen LogP contribution in [0.1, 0.15) is 19.3 Å². The van der Waals surface area contributed by atoms with Gasteiger partial charge in [0.15, 0.2) is 0 Å². The molecule has 1 spiro atoms. The highest BCUT2D eigenvalue weighted by Gasteiger charge is 2.44. The van der Waals surface area contributed by atoms with Crippen LogP contribution in [0.3, 0.4) is 0 Å². The van der Waals surface area contributed by atoms with E-state index in [1.165, 1.54) is 0 Å². The first-order chi connectivity index (χ1) is 8.01. The zero-order valence-electron chi connectivity index (χ0n) is 10.0. The lowest BCUT2D eigenvalue weighted by molar-refractivity contribution is -0.119. The van der Waals surface area contributed by atoms with Gasteiger partial charge >= 0.3 is 6.03 Å². The van der Waals surface area contributed by atoms with Gasteiger partial charge < -0.3 is 21.3 Å². The predicted octanol–water partition coefficient (Wildman–Crippen LogP) is -0.662. The van der Waals surface area contributed by atoms with Gasteiger partial charge in [-0.3, -0.25) is 4.79 Å². The van der Waals surface area contributed by atoms with Gasteiger partial charge in [-0.15, -0.1) is 0 Å². The van der Waals surface area contributed by atoms with Crippen molar-refractivity contribution in [3.8, 4) is 0 Å². The summed E-state index contributed by atoms with van der Waals surface area (Å²) < 4.78 is 0. The van der Waals surface area contributed by atoms with Crippen LogP contribution in [0.15, 0.2) is 0 Å². The number of carbonyl (C=O) groups is 2. The van der Waals surface area contributed by atoms with Gasteiger partial charge in [0.25, 0.3) is 0 Å². The third-order valence-electron chi connectivity index (χ3n) is 3.93. The van der Waals surface area contributed by atoms with Gasteiger partial charge in [0.1, 0.15) is 0 Å². The molecule has 2 saturated heterocycles. The van der Waals surface area contributed by atoms with Gasteiger partial charge in [-0.05, 0) is 18.3 Å². The third kappa shape index (κ3) is 2.69. The maximum Gasteiger partial charge on any atom is 0.314 e. The summed E-state index contributed by atoms with van der Waals surface area (Å²) in [5, 5.41) is 0. The minimum Gasteiger partial charge on any atom is -0.370 e. The van der Waals surface area contributed by atoms with Crippen LogP contribution < -0.4 is 11.5 Å². The van der Waals surface area contributed by atoms with E-state index in [0.29, 0.717) is 11.8 Å². The number of urea groups is 1. The molecular formula is C11H20N4O2. The average Bonchev–Trinajstić information content (AvgIpc) is 2.23. The Labute approximate surface area is 101 Å². The smallest absolute Gasteiger partial charge is 0.314 e. The minimum atomic E-state index is -0.315. The van der Waals surface area contributed by atoms with Crippen molar-refractivity contribution in [1.82, 2.24) is 9.80 Å². The molecule has 0 aliphatic carbocycles. The number of rotatable bonds is 3. The molecule has 0 aromatic carbocycles. The molecule has 2 aliphatic rings. The highest BCUT2D eigenvalue weighted by molar-refractivity contribution is 5.73. The van der Waals surface area contributed by atoms with Crippen LogP contribution >= 0.6 is 0 Å². The lowest BCUT2D eigenvalue weighted by atomic mass is 9.72. The van der Waals surface area contributed by atoms with Gasteiger partial charge in [-0.2, -0.15) is 0 Å². The van der Waals surface area contributed by atoms with E-state index in [0.717, 1.165) is 45.6 Å². The Morgan fingerprint density at radius 2 is 1.71 bits per heavy atom. The molecule has 0 saturated carbocycles. The zero-order chi connectivity index (χ0) is 12.5. The summed E-state index contributed by atoms with van der Waals surface area (Å²) >= 11 is 0. The molecular weight excluding hydrogens is 220 g/mol. The molecule has 4 N–H and O–H groups in total. The van der Waals surface area contributed by atoms with E-state index in [2.05, 4.69) is 4.90 Å². The largest absolute Gasteiger partial charge is 0.370 e. The first-order valence-corrected chi connectivity index (χ1v) is 6.06. The fourth-order valence-corrected chi connectivity index (χ4v) is 2.85. The molecule has 0 atom stereocenters. The highest BCUT2D eigenvalue weighted by atomic mass is 16.2. The molecule has 2 rings (SSSR count).